The van der Waals surface area contributed by atoms with Crippen LogP contribution < -0.4 is 0 Å². The molecule has 0 unspecified atom stereocenters. The Morgan fingerprint density at radius 1 is 1.26 bits per heavy atom. The number of amidine groups is 1. The number of rotatable bonds is 4. The van der Waals surface area contributed by atoms with E-state index in [-0.39, 0.29) is 5.97 Å². The molecule has 0 atom stereocenters. The van der Waals surface area contributed by atoms with Crippen molar-refractivity contribution in [2.75, 3.05) is 0 Å². The van der Waals surface area contributed by atoms with E-state index in [4.69, 9.17) is 4.74 Å². The fraction of sp³-hybridized carbons (Fsp3) is 0.389. The molecule has 0 N–H and O–H groups in total. The minimum absolute atomic E-state index is 0.172. The van der Waals surface area contributed by atoms with Crippen LogP contribution in [0.1, 0.15) is 44.7 Å². The van der Waals surface area contributed by atoms with Gasteiger partial charge >= 0.3 is 5.97 Å². The van der Waals surface area contributed by atoms with E-state index in [0.717, 1.165) is 22.0 Å². The predicted molar refractivity (Wildman–Crippen MR) is 97.3 cm³/mol. The van der Waals surface area contributed by atoms with E-state index < -0.39 is 5.60 Å². The van der Waals surface area contributed by atoms with Crippen molar-refractivity contribution in [3.05, 3.63) is 46.1 Å². The average Bonchev–Trinajstić information content (AvgIpc) is 2.69. The van der Waals surface area contributed by atoms with Crippen molar-refractivity contribution in [1.29, 1.82) is 0 Å². The first-order chi connectivity index (χ1) is 10.8. The molecule has 0 saturated carbocycles. The van der Waals surface area contributed by atoms with Crippen LogP contribution in [0.15, 0.2) is 44.9 Å². The van der Waals surface area contributed by atoms with E-state index in [9.17, 15) is 4.79 Å². The van der Waals surface area contributed by atoms with E-state index in [1.165, 1.54) is 0 Å². The lowest BCUT2D eigenvalue weighted by Crippen LogP contribution is -2.24. The third-order valence-electron chi connectivity index (χ3n) is 3.08. The number of nitrogens with zero attached hydrogens (tertiary/aromatic N) is 2. The van der Waals surface area contributed by atoms with Crippen LogP contribution in [0.3, 0.4) is 0 Å². The molecule has 0 aliphatic carbocycles. The molecular formula is C18H21BrN2O2. The standard InChI is InChI=1S/C18H21BrN2O2/c1-18(2,3)23-16(22)9-6-13-4-7-14(8-5-13)17-20-11-10-15(19)12-21-17/h4-5,7-8,11-12H,6,9-10H2,1-3H3. The highest BCUT2D eigenvalue weighted by atomic mass is 79.9. The number of aryl methyl sites for hydroxylation is 1. The molecule has 0 radical (unpaired) electrons. The molecule has 1 aliphatic heterocycles. The molecule has 0 spiro atoms. The minimum atomic E-state index is -0.432. The third-order valence-corrected chi connectivity index (χ3v) is 3.61. The largest absolute Gasteiger partial charge is 0.460 e. The lowest BCUT2D eigenvalue weighted by molar-refractivity contribution is -0.154. The zero-order valence-electron chi connectivity index (χ0n) is 13.7. The topological polar surface area (TPSA) is 51.0 Å². The normalized spacial score (nSPS) is 14.8. The molecule has 0 bridgehead atoms. The molecular weight excluding hydrogens is 356 g/mol. The molecule has 122 valence electrons. The second kappa shape index (κ2) is 7.68. The van der Waals surface area contributed by atoms with Gasteiger partial charge in [-0.1, -0.05) is 40.2 Å². The average molecular weight is 377 g/mol. The summed E-state index contributed by atoms with van der Waals surface area (Å²) in [5.41, 5.74) is 1.62. The Morgan fingerprint density at radius 3 is 2.61 bits per heavy atom. The summed E-state index contributed by atoms with van der Waals surface area (Å²) in [6.45, 7) is 5.63. The molecule has 4 nitrogen and oxygen atoms in total. The molecule has 1 aromatic carbocycles. The number of carbonyl (C=O) groups is 1. The highest BCUT2D eigenvalue weighted by molar-refractivity contribution is 9.11. The number of benzene rings is 1. The maximum atomic E-state index is 11.7. The van der Waals surface area contributed by atoms with Crippen LogP contribution in [0, 0.1) is 0 Å². The van der Waals surface area contributed by atoms with Gasteiger partial charge in [-0.3, -0.25) is 4.79 Å². The summed E-state index contributed by atoms with van der Waals surface area (Å²) in [7, 11) is 0. The smallest absolute Gasteiger partial charge is 0.306 e. The Kier molecular flexibility index (Phi) is 5.88. The van der Waals surface area contributed by atoms with Gasteiger partial charge in [0.25, 0.3) is 0 Å². The van der Waals surface area contributed by atoms with Gasteiger partial charge < -0.3 is 4.74 Å². The first-order valence-electron chi connectivity index (χ1n) is 7.59. The van der Waals surface area contributed by atoms with Crippen LogP contribution in [0.4, 0.5) is 0 Å². The molecule has 1 aromatic rings. The Hall–Kier alpha value is -1.75. The van der Waals surface area contributed by atoms with Crippen LogP contribution in [0.25, 0.3) is 0 Å². The monoisotopic (exact) mass is 376 g/mol. The Labute approximate surface area is 145 Å². The van der Waals surface area contributed by atoms with Crippen molar-refractivity contribution in [3.8, 4) is 0 Å². The number of ether oxygens (including phenoxy) is 1. The lowest BCUT2D eigenvalue weighted by atomic mass is 10.1. The van der Waals surface area contributed by atoms with E-state index in [1.54, 1.807) is 6.20 Å². The highest BCUT2D eigenvalue weighted by Gasteiger charge is 2.15. The van der Waals surface area contributed by atoms with Gasteiger partial charge in [0, 0.05) is 35.3 Å². The highest BCUT2D eigenvalue weighted by Crippen LogP contribution is 2.15. The summed E-state index contributed by atoms with van der Waals surface area (Å²) in [6, 6.07) is 7.96. The second-order valence-corrected chi connectivity index (χ2v) is 7.35. The Balaban J connectivity index is 1.96. The maximum Gasteiger partial charge on any atom is 0.306 e. The van der Waals surface area contributed by atoms with Gasteiger partial charge in [-0.2, -0.15) is 0 Å². The maximum absolute atomic E-state index is 11.7. The zero-order chi connectivity index (χ0) is 16.9. The molecule has 5 heteroatoms. The van der Waals surface area contributed by atoms with E-state index in [1.807, 2.05) is 51.3 Å². The van der Waals surface area contributed by atoms with Crippen molar-refractivity contribution in [2.45, 2.75) is 45.6 Å². The number of hydrogen-bond acceptors (Lipinski definition) is 4. The van der Waals surface area contributed by atoms with Crippen molar-refractivity contribution in [3.63, 3.8) is 0 Å². The summed E-state index contributed by atoms with van der Waals surface area (Å²) in [6.07, 6.45) is 5.41. The molecule has 0 amide bonds. The van der Waals surface area contributed by atoms with Gasteiger partial charge in [0.2, 0.25) is 0 Å². The zero-order valence-corrected chi connectivity index (χ0v) is 15.3. The number of carbonyl (C=O) groups excluding carboxylic acids is 1. The molecule has 1 aliphatic rings. The van der Waals surface area contributed by atoms with Gasteiger partial charge in [-0.05, 0) is 32.8 Å². The number of aliphatic imine (C=N–C) groups is 2. The fourth-order valence-corrected chi connectivity index (χ4v) is 2.29. The summed E-state index contributed by atoms with van der Waals surface area (Å²) in [5.74, 6) is 0.521. The van der Waals surface area contributed by atoms with Crippen LogP contribution in [0.2, 0.25) is 0 Å². The molecule has 0 saturated heterocycles. The van der Waals surface area contributed by atoms with E-state index in [0.29, 0.717) is 18.7 Å². The molecule has 0 aromatic heterocycles. The summed E-state index contributed by atoms with van der Waals surface area (Å²) >= 11 is 3.42. The summed E-state index contributed by atoms with van der Waals surface area (Å²) in [5, 5.41) is 0. The third kappa shape index (κ3) is 6.10. The van der Waals surface area contributed by atoms with Crippen LogP contribution in [0.5, 0.6) is 0 Å². The number of esters is 1. The second-order valence-electron chi connectivity index (χ2n) is 6.33. The first-order valence-corrected chi connectivity index (χ1v) is 8.39. The minimum Gasteiger partial charge on any atom is -0.460 e. The first kappa shape index (κ1) is 17.6. The van der Waals surface area contributed by atoms with Crippen molar-refractivity contribution in [1.82, 2.24) is 0 Å². The van der Waals surface area contributed by atoms with Gasteiger partial charge in [-0.25, -0.2) is 9.98 Å². The lowest BCUT2D eigenvalue weighted by Gasteiger charge is -2.19. The number of allylic oxidation sites excluding steroid dienone is 1. The number of hydrogen-bond donors (Lipinski definition) is 0. The molecule has 2 rings (SSSR count). The van der Waals surface area contributed by atoms with Crippen LogP contribution in [-0.4, -0.2) is 23.6 Å². The molecule has 0 fully saturated rings. The van der Waals surface area contributed by atoms with Crippen molar-refractivity contribution >= 4 is 33.9 Å². The predicted octanol–water partition coefficient (Wildman–Crippen LogP) is 4.42. The van der Waals surface area contributed by atoms with Crippen molar-refractivity contribution < 1.29 is 9.53 Å². The Morgan fingerprint density at radius 2 is 1.96 bits per heavy atom. The van der Waals surface area contributed by atoms with Gasteiger partial charge in [0.15, 0.2) is 5.84 Å². The van der Waals surface area contributed by atoms with Gasteiger partial charge in [-0.15, -0.1) is 0 Å². The van der Waals surface area contributed by atoms with Crippen LogP contribution >= 0.6 is 15.9 Å². The molecule has 1 heterocycles. The quantitative estimate of drug-likeness (QED) is 0.730. The Bertz CT molecular complexity index is 653. The van der Waals surface area contributed by atoms with E-state index in [2.05, 4.69) is 25.9 Å². The summed E-state index contributed by atoms with van der Waals surface area (Å²) in [4.78, 5) is 20.5. The SMILES string of the molecule is CC(C)(C)OC(=O)CCc1ccc(C2=NC=C(Br)CC=N2)cc1. The fourth-order valence-electron chi connectivity index (χ4n) is 2.05. The van der Waals surface area contributed by atoms with E-state index >= 15 is 0 Å². The molecule has 23 heavy (non-hydrogen) atoms. The van der Waals surface area contributed by atoms with Gasteiger partial charge in [0.1, 0.15) is 5.60 Å². The van der Waals surface area contributed by atoms with Crippen LogP contribution in [-0.2, 0) is 16.0 Å². The van der Waals surface area contributed by atoms with Gasteiger partial charge in [0.05, 0.1) is 0 Å². The van der Waals surface area contributed by atoms with Crippen molar-refractivity contribution in [2.24, 2.45) is 9.98 Å². The number of halogens is 1. The summed E-state index contributed by atoms with van der Waals surface area (Å²) < 4.78 is 6.32.